The van der Waals surface area contributed by atoms with Gasteiger partial charge in [0.2, 0.25) is 0 Å². The Labute approximate surface area is 141 Å². The fraction of sp³-hybridized carbons (Fsp3) is 0.176. The molecule has 3 aromatic rings. The molecule has 0 bridgehead atoms. The third-order valence-corrected chi connectivity index (χ3v) is 3.98. The van der Waals surface area contributed by atoms with E-state index in [-0.39, 0.29) is 22.3 Å². The van der Waals surface area contributed by atoms with Gasteiger partial charge in [-0.05, 0) is 30.7 Å². The lowest BCUT2D eigenvalue weighted by Crippen LogP contribution is -2.37. The highest BCUT2D eigenvalue weighted by atomic mass is 19.1. The molecule has 0 unspecified atom stereocenters. The van der Waals surface area contributed by atoms with Gasteiger partial charge in [-0.15, -0.1) is 0 Å². The van der Waals surface area contributed by atoms with Gasteiger partial charge in [0.15, 0.2) is 5.65 Å². The van der Waals surface area contributed by atoms with Crippen molar-refractivity contribution in [2.24, 2.45) is 14.1 Å². The fourth-order valence-corrected chi connectivity index (χ4v) is 2.60. The number of pyridine rings is 1. The average Bonchev–Trinajstić information content (AvgIpc) is 2.59. The first-order valence-electron chi connectivity index (χ1n) is 7.43. The van der Waals surface area contributed by atoms with Gasteiger partial charge in [0.1, 0.15) is 11.2 Å². The number of halogens is 1. The number of anilines is 1. The highest BCUT2D eigenvalue weighted by molar-refractivity contribution is 6.08. The van der Waals surface area contributed by atoms with Gasteiger partial charge in [-0.25, -0.2) is 14.2 Å². The summed E-state index contributed by atoms with van der Waals surface area (Å²) < 4.78 is 15.5. The Hall–Kier alpha value is -3.29. The Morgan fingerprint density at radius 3 is 2.60 bits per heavy atom. The molecule has 0 aliphatic heterocycles. The summed E-state index contributed by atoms with van der Waals surface area (Å²) in [5.41, 5.74) is -0.0113. The van der Waals surface area contributed by atoms with Crippen LogP contribution >= 0.6 is 0 Å². The number of hydrogen-bond acceptors (Lipinski definition) is 4. The molecule has 1 amide bonds. The molecule has 0 atom stereocenters. The lowest BCUT2D eigenvalue weighted by Gasteiger charge is -2.13. The quantitative estimate of drug-likeness (QED) is 0.761. The summed E-state index contributed by atoms with van der Waals surface area (Å²) in [4.78, 5) is 41.2. The minimum Gasteiger partial charge on any atom is -0.321 e. The molecule has 1 N–H and O–H groups in total. The molecule has 3 rings (SSSR count). The molecular weight excluding hydrogens is 327 g/mol. The van der Waals surface area contributed by atoms with Crippen LogP contribution in [0.4, 0.5) is 10.1 Å². The lowest BCUT2D eigenvalue weighted by molar-refractivity contribution is 0.102. The van der Waals surface area contributed by atoms with Gasteiger partial charge >= 0.3 is 5.69 Å². The van der Waals surface area contributed by atoms with Crippen molar-refractivity contribution in [3.63, 3.8) is 0 Å². The molecule has 2 heterocycles. The molecule has 0 aliphatic carbocycles. The summed E-state index contributed by atoms with van der Waals surface area (Å²) in [6.45, 7) is 1.68. The van der Waals surface area contributed by atoms with Crippen LogP contribution in [0, 0.1) is 12.7 Å². The van der Waals surface area contributed by atoms with Crippen molar-refractivity contribution in [2.45, 2.75) is 6.92 Å². The monoisotopic (exact) mass is 342 g/mol. The van der Waals surface area contributed by atoms with E-state index in [0.717, 1.165) is 10.6 Å². The van der Waals surface area contributed by atoms with E-state index >= 15 is 0 Å². The fourth-order valence-electron chi connectivity index (χ4n) is 2.60. The number of aromatic nitrogens is 3. The maximum atomic E-state index is 13.3. The Morgan fingerprint density at radius 2 is 1.92 bits per heavy atom. The van der Waals surface area contributed by atoms with Crippen molar-refractivity contribution in [1.29, 1.82) is 0 Å². The molecule has 0 radical (unpaired) electrons. The Bertz CT molecular complexity index is 1130. The predicted octanol–water partition coefficient (Wildman–Crippen LogP) is 1.33. The molecule has 0 aliphatic rings. The lowest BCUT2D eigenvalue weighted by atomic mass is 10.1. The van der Waals surface area contributed by atoms with Crippen LogP contribution in [-0.4, -0.2) is 20.0 Å². The highest BCUT2D eigenvalue weighted by Crippen LogP contribution is 2.22. The van der Waals surface area contributed by atoms with Crippen LogP contribution in [0.1, 0.15) is 15.9 Å². The van der Waals surface area contributed by atoms with Crippen molar-refractivity contribution in [3.8, 4) is 0 Å². The first-order chi connectivity index (χ1) is 11.8. The van der Waals surface area contributed by atoms with Crippen LogP contribution in [0.2, 0.25) is 0 Å². The summed E-state index contributed by atoms with van der Waals surface area (Å²) in [6, 6.07) is 5.22. The van der Waals surface area contributed by atoms with Crippen molar-refractivity contribution < 1.29 is 9.18 Å². The van der Waals surface area contributed by atoms with Crippen molar-refractivity contribution in [3.05, 3.63) is 68.2 Å². The third-order valence-electron chi connectivity index (χ3n) is 3.98. The van der Waals surface area contributed by atoms with E-state index in [1.807, 2.05) is 0 Å². The van der Waals surface area contributed by atoms with Crippen LogP contribution in [0.5, 0.6) is 0 Å². The summed E-state index contributed by atoms with van der Waals surface area (Å²) >= 11 is 0. The van der Waals surface area contributed by atoms with E-state index in [9.17, 15) is 18.8 Å². The van der Waals surface area contributed by atoms with Crippen LogP contribution in [0.25, 0.3) is 11.0 Å². The number of aryl methyl sites for hydroxylation is 2. The van der Waals surface area contributed by atoms with E-state index in [0.29, 0.717) is 5.56 Å². The number of fused-ring (bicyclic) bond motifs is 1. The second-order valence-electron chi connectivity index (χ2n) is 5.69. The summed E-state index contributed by atoms with van der Waals surface area (Å²) in [7, 11) is 2.84. The molecule has 0 saturated heterocycles. The number of nitrogens with one attached hydrogen (secondary N) is 1. The second kappa shape index (κ2) is 5.97. The largest absolute Gasteiger partial charge is 0.332 e. The van der Waals surface area contributed by atoms with Crippen LogP contribution in [-0.2, 0) is 14.1 Å². The topological polar surface area (TPSA) is 86.0 Å². The number of rotatable bonds is 2. The first-order valence-corrected chi connectivity index (χ1v) is 7.43. The van der Waals surface area contributed by atoms with Crippen molar-refractivity contribution in [1.82, 2.24) is 14.1 Å². The maximum Gasteiger partial charge on any atom is 0.332 e. The predicted molar refractivity (Wildman–Crippen MR) is 91.3 cm³/mol. The van der Waals surface area contributed by atoms with Crippen molar-refractivity contribution in [2.75, 3.05) is 5.32 Å². The van der Waals surface area contributed by atoms with Crippen molar-refractivity contribution >= 4 is 22.6 Å². The minimum atomic E-state index is -0.566. The molecule has 1 aromatic carbocycles. The summed E-state index contributed by atoms with van der Waals surface area (Å²) in [6.07, 6.45) is 1.46. The smallest absolute Gasteiger partial charge is 0.321 e. The van der Waals surface area contributed by atoms with E-state index in [4.69, 9.17) is 0 Å². The molecule has 25 heavy (non-hydrogen) atoms. The van der Waals surface area contributed by atoms with Crippen LogP contribution < -0.4 is 16.6 Å². The Kier molecular flexibility index (Phi) is 3.96. The normalized spacial score (nSPS) is 10.9. The van der Waals surface area contributed by atoms with Crippen LogP contribution in [0.3, 0.4) is 0 Å². The first kappa shape index (κ1) is 16.6. The number of nitrogens with zero attached hydrogens (tertiary/aromatic N) is 3. The van der Waals surface area contributed by atoms with Gasteiger partial charge in [-0.2, -0.15) is 0 Å². The zero-order valence-electron chi connectivity index (χ0n) is 13.8. The van der Waals surface area contributed by atoms with E-state index in [2.05, 4.69) is 10.3 Å². The SMILES string of the molecule is Cc1cnc2c(c1NC(=O)c1cccc(F)c1)c(=O)n(C)c(=O)n2C. The molecule has 128 valence electrons. The van der Waals surface area contributed by atoms with Gasteiger partial charge < -0.3 is 5.32 Å². The number of amides is 1. The molecule has 8 heteroatoms. The molecule has 0 fully saturated rings. The van der Waals surface area contributed by atoms with Gasteiger partial charge in [0.25, 0.3) is 11.5 Å². The number of carbonyl (C=O) groups is 1. The zero-order valence-corrected chi connectivity index (χ0v) is 13.8. The molecule has 0 spiro atoms. The van der Waals surface area contributed by atoms with Gasteiger partial charge in [0.05, 0.1) is 5.69 Å². The zero-order chi connectivity index (χ0) is 18.3. The average molecular weight is 342 g/mol. The second-order valence-corrected chi connectivity index (χ2v) is 5.69. The van der Waals surface area contributed by atoms with Crippen LogP contribution in [0.15, 0.2) is 40.1 Å². The standard InChI is InChI=1S/C17H15FN4O3/c1-9-8-19-14-12(16(24)22(3)17(25)21(14)2)13(9)20-15(23)10-5-4-6-11(18)7-10/h4-8H,1-3H3,(H,19,20,23). The van der Waals surface area contributed by atoms with E-state index < -0.39 is 23.0 Å². The Morgan fingerprint density at radius 1 is 1.20 bits per heavy atom. The summed E-state index contributed by atoms with van der Waals surface area (Å²) in [5.74, 6) is -1.10. The molecular formula is C17H15FN4O3. The third kappa shape index (κ3) is 2.71. The molecule has 7 nitrogen and oxygen atoms in total. The van der Waals surface area contributed by atoms with Gasteiger partial charge in [-0.1, -0.05) is 6.07 Å². The molecule has 0 saturated carbocycles. The van der Waals surface area contributed by atoms with Gasteiger partial charge in [0, 0.05) is 25.9 Å². The summed E-state index contributed by atoms with van der Waals surface area (Å²) in [5, 5.41) is 2.76. The number of carbonyl (C=O) groups excluding carboxylic acids is 1. The molecule has 2 aromatic heterocycles. The number of hydrogen-bond donors (Lipinski definition) is 1. The Balaban J connectivity index is 2.23. The van der Waals surface area contributed by atoms with E-state index in [1.54, 1.807) is 6.92 Å². The number of benzene rings is 1. The van der Waals surface area contributed by atoms with Gasteiger partial charge in [-0.3, -0.25) is 18.7 Å². The maximum absolute atomic E-state index is 13.3. The highest BCUT2D eigenvalue weighted by Gasteiger charge is 2.18. The minimum absolute atomic E-state index is 0.117. The van der Waals surface area contributed by atoms with E-state index in [1.165, 1.54) is 43.1 Å².